The molecule has 10 nitrogen and oxygen atoms in total. The number of halogens is 1. The highest BCUT2D eigenvalue weighted by Crippen LogP contribution is 2.27. The summed E-state index contributed by atoms with van der Waals surface area (Å²) in [5.41, 5.74) is -0.228. The van der Waals surface area contributed by atoms with E-state index < -0.39 is 36.2 Å². The molecule has 1 aromatic carbocycles. The maximum atomic E-state index is 12.2. The standard InChI is InChI=1S/C17H19ClN4O6/c1-2-7-3-9-10(4-8(7)18)22(5-11(24)14(26)12(25)6-23)15-13(19-9)16(27)21-17(28)20-15/h3-4,11-12,14,23-26H,2,5-6H2,1H3,(H,21,27,28)/t11-,12+,14-/m0/s1. The molecule has 0 aliphatic carbocycles. The molecule has 0 radical (unpaired) electrons. The van der Waals surface area contributed by atoms with Crippen molar-refractivity contribution in [2.75, 3.05) is 6.61 Å². The van der Waals surface area contributed by atoms with E-state index >= 15 is 0 Å². The van der Waals surface area contributed by atoms with Crippen LogP contribution in [-0.4, -0.2) is 64.9 Å². The number of rotatable bonds is 6. The van der Waals surface area contributed by atoms with Gasteiger partial charge >= 0.3 is 5.69 Å². The lowest BCUT2D eigenvalue weighted by Crippen LogP contribution is -2.42. The van der Waals surface area contributed by atoms with Crippen molar-refractivity contribution < 1.29 is 20.4 Å². The zero-order valence-electron chi connectivity index (χ0n) is 14.8. The molecule has 2 heterocycles. The molecule has 0 aromatic heterocycles. The Bertz CT molecular complexity index is 1100. The number of aromatic nitrogens is 4. The largest absolute Gasteiger partial charge is 0.394 e. The molecule has 0 unspecified atom stereocenters. The minimum absolute atomic E-state index is 0.105. The fraction of sp³-hybridized carbons (Fsp3) is 0.412. The fourth-order valence-corrected chi connectivity index (χ4v) is 3.27. The van der Waals surface area contributed by atoms with Gasteiger partial charge in [0.05, 0.1) is 24.2 Å². The van der Waals surface area contributed by atoms with Gasteiger partial charge in [-0.3, -0.25) is 9.78 Å². The summed E-state index contributed by atoms with van der Waals surface area (Å²) in [7, 11) is 0. The third-order valence-electron chi connectivity index (χ3n) is 4.50. The van der Waals surface area contributed by atoms with E-state index in [9.17, 15) is 24.9 Å². The van der Waals surface area contributed by atoms with Gasteiger partial charge < -0.3 is 25.0 Å². The second-order valence-corrected chi connectivity index (χ2v) is 6.77. The highest BCUT2D eigenvalue weighted by atomic mass is 35.5. The highest BCUT2D eigenvalue weighted by Gasteiger charge is 2.27. The molecule has 2 aliphatic heterocycles. The molecule has 150 valence electrons. The van der Waals surface area contributed by atoms with Crippen molar-refractivity contribution in [3.63, 3.8) is 0 Å². The van der Waals surface area contributed by atoms with E-state index in [0.717, 1.165) is 5.56 Å². The lowest BCUT2D eigenvalue weighted by atomic mass is 10.1. The molecule has 5 N–H and O–H groups in total. The number of aryl methyl sites for hydroxylation is 1. The number of aliphatic hydroxyl groups excluding tert-OH is 4. The summed E-state index contributed by atoms with van der Waals surface area (Å²) in [6.45, 7) is 0.803. The van der Waals surface area contributed by atoms with Crippen molar-refractivity contribution in [3.05, 3.63) is 43.6 Å². The zero-order chi connectivity index (χ0) is 20.6. The molecular formula is C17H19ClN4O6. The third kappa shape index (κ3) is 3.64. The van der Waals surface area contributed by atoms with E-state index in [4.69, 9.17) is 16.7 Å². The van der Waals surface area contributed by atoms with Crippen LogP contribution in [0.4, 0.5) is 0 Å². The summed E-state index contributed by atoms with van der Waals surface area (Å²) in [5.74, 6) is -0.105. The summed E-state index contributed by atoms with van der Waals surface area (Å²) < 4.78 is 1.33. The Balaban J connectivity index is 2.28. The summed E-state index contributed by atoms with van der Waals surface area (Å²) in [4.78, 5) is 34.0. The van der Waals surface area contributed by atoms with Crippen molar-refractivity contribution in [3.8, 4) is 11.5 Å². The number of H-pyrrole nitrogens is 1. The number of aliphatic hydroxyl groups is 4. The highest BCUT2D eigenvalue weighted by molar-refractivity contribution is 6.32. The predicted octanol–water partition coefficient (Wildman–Crippen LogP) is -1.12. The normalized spacial score (nSPS) is 15.1. The summed E-state index contributed by atoms with van der Waals surface area (Å²) >= 11 is 6.28. The molecular weight excluding hydrogens is 392 g/mol. The zero-order valence-corrected chi connectivity index (χ0v) is 15.6. The van der Waals surface area contributed by atoms with Crippen molar-refractivity contribution >= 4 is 22.6 Å². The van der Waals surface area contributed by atoms with Crippen LogP contribution in [0.2, 0.25) is 5.02 Å². The van der Waals surface area contributed by atoms with Gasteiger partial charge in [-0.1, -0.05) is 18.5 Å². The van der Waals surface area contributed by atoms with Crippen LogP contribution in [0.1, 0.15) is 12.5 Å². The monoisotopic (exact) mass is 410 g/mol. The summed E-state index contributed by atoms with van der Waals surface area (Å²) in [5, 5.41) is 39.3. The molecule has 0 bridgehead atoms. The first kappa shape index (κ1) is 20.4. The van der Waals surface area contributed by atoms with Gasteiger partial charge in [0.1, 0.15) is 18.3 Å². The van der Waals surface area contributed by atoms with Crippen LogP contribution in [0, 0.1) is 0 Å². The quantitative estimate of drug-likeness (QED) is 0.319. The van der Waals surface area contributed by atoms with E-state index in [1.54, 1.807) is 12.1 Å². The Morgan fingerprint density at radius 1 is 1.18 bits per heavy atom. The number of nitrogens with one attached hydrogen (secondary N) is 1. The topological polar surface area (TPSA) is 162 Å². The van der Waals surface area contributed by atoms with E-state index in [0.29, 0.717) is 22.5 Å². The SMILES string of the molecule is CCc1cc2nc3c(=O)[nH]c(=O)nc-3n(C[C@H](O)[C@H](O)[C@H](O)CO)c2cc1Cl. The number of aromatic amines is 1. The van der Waals surface area contributed by atoms with E-state index in [1.165, 1.54) is 4.57 Å². The van der Waals surface area contributed by atoms with Gasteiger partial charge in [0.25, 0.3) is 5.56 Å². The first-order valence-electron chi connectivity index (χ1n) is 8.54. The summed E-state index contributed by atoms with van der Waals surface area (Å²) in [6, 6.07) is 3.25. The average Bonchev–Trinajstić information content (AvgIpc) is 2.67. The van der Waals surface area contributed by atoms with E-state index in [1.807, 2.05) is 11.9 Å². The average molecular weight is 411 g/mol. The van der Waals surface area contributed by atoms with Crippen LogP contribution in [0.3, 0.4) is 0 Å². The maximum Gasteiger partial charge on any atom is 0.349 e. The Kier molecular flexibility index (Phi) is 5.77. The van der Waals surface area contributed by atoms with Gasteiger partial charge in [-0.25, -0.2) is 9.78 Å². The van der Waals surface area contributed by atoms with Gasteiger partial charge in [0.15, 0.2) is 11.5 Å². The van der Waals surface area contributed by atoms with Crippen molar-refractivity contribution in [2.24, 2.45) is 0 Å². The predicted molar refractivity (Wildman–Crippen MR) is 101 cm³/mol. The second kappa shape index (κ2) is 7.94. The van der Waals surface area contributed by atoms with Gasteiger partial charge in [0, 0.05) is 5.02 Å². The Morgan fingerprint density at radius 3 is 2.54 bits per heavy atom. The second-order valence-electron chi connectivity index (χ2n) is 6.36. The van der Waals surface area contributed by atoms with Gasteiger partial charge in [0.2, 0.25) is 0 Å². The molecule has 28 heavy (non-hydrogen) atoms. The van der Waals surface area contributed by atoms with Crippen LogP contribution in [0.15, 0.2) is 21.7 Å². The van der Waals surface area contributed by atoms with Crippen molar-refractivity contribution in [1.82, 2.24) is 19.5 Å². The molecule has 0 saturated heterocycles. The molecule has 0 saturated carbocycles. The molecule has 3 rings (SSSR count). The Labute approximate surface area is 163 Å². The van der Waals surface area contributed by atoms with Gasteiger partial charge in [-0.2, -0.15) is 4.98 Å². The van der Waals surface area contributed by atoms with E-state index in [-0.39, 0.29) is 18.1 Å². The Hall–Kier alpha value is -2.37. The van der Waals surface area contributed by atoms with Crippen LogP contribution >= 0.6 is 11.6 Å². The smallest absolute Gasteiger partial charge is 0.349 e. The van der Waals surface area contributed by atoms with Crippen LogP contribution < -0.4 is 11.2 Å². The molecule has 0 spiro atoms. The molecule has 1 aromatic rings. The first-order chi connectivity index (χ1) is 13.3. The minimum atomic E-state index is -1.67. The van der Waals surface area contributed by atoms with Crippen molar-refractivity contribution in [1.29, 1.82) is 0 Å². The number of fused-ring (bicyclic) bond motifs is 2. The fourth-order valence-electron chi connectivity index (χ4n) is 2.97. The number of hydrogen-bond acceptors (Lipinski definition) is 8. The Morgan fingerprint density at radius 2 is 1.89 bits per heavy atom. The van der Waals surface area contributed by atoms with Crippen molar-refractivity contribution in [2.45, 2.75) is 38.2 Å². The number of hydrogen-bond donors (Lipinski definition) is 5. The maximum absolute atomic E-state index is 12.2. The van der Waals surface area contributed by atoms with Crippen LogP contribution in [0.25, 0.3) is 22.6 Å². The lowest BCUT2D eigenvalue weighted by molar-refractivity contribution is -0.0802. The molecule has 0 amide bonds. The third-order valence-corrected chi connectivity index (χ3v) is 4.85. The van der Waals surface area contributed by atoms with E-state index in [2.05, 4.69) is 9.97 Å². The number of nitrogens with zero attached hydrogens (tertiary/aromatic N) is 3. The van der Waals surface area contributed by atoms with Gasteiger partial charge in [-0.05, 0) is 24.1 Å². The minimum Gasteiger partial charge on any atom is -0.394 e. The first-order valence-corrected chi connectivity index (χ1v) is 8.92. The molecule has 2 aliphatic rings. The molecule has 11 heteroatoms. The summed E-state index contributed by atoms with van der Waals surface area (Å²) in [6.07, 6.45) is -4.17. The van der Waals surface area contributed by atoms with Crippen LogP contribution in [0.5, 0.6) is 0 Å². The molecule has 0 fully saturated rings. The molecule has 3 atom stereocenters. The number of benzene rings is 1. The lowest BCUT2D eigenvalue weighted by Gasteiger charge is -2.25. The van der Waals surface area contributed by atoms with Gasteiger partial charge in [-0.15, -0.1) is 0 Å². The van der Waals surface area contributed by atoms with Crippen LogP contribution in [-0.2, 0) is 13.0 Å².